The Hall–Kier alpha value is -2.44. The van der Waals surface area contributed by atoms with Crippen LogP contribution in [0, 0.1) is 0 Å². The summed E-state index contributed by atoms with van der Waals surface area (Å²) in [5, 5.41) is 19.7. The van der Waals surface area contributed by atoms with Crippen LogP contribution in [-0.4, -0.2) is 41.9 Å². The monoisotopic (exact) mass is 447 g/mol. The summed E-state index contributed by atoms with van der Waals surface area (Å²) in [5.74, 6) is -0.102. The van der Waals surface area contributed by atoms with Gasteiger partial charge in [0.1, 0.15) is 5.60 Å². The number of rotatable bonds is 10. The SMILES string of the molecule is CCC(c1ccccc1)C(OB(O)O)(c1ccccc1)c1ccccc1.CCN(CC)CC. The standard InChI is InChI=1S/C22H23BO3.C6H15N/c1-2-21(18-12-6-3-7-13-18)22(26-23(24)25,19-14-8-4-9-15-19)20-16-10-5-11-17-20;1-4-7(5-2)6-3/h3-17,21,24-25H,2H2,1H3;4-6H2,1-3H3. The molecular weight excluding hydrogens is 409 g/mol. The Bertz CT molecular complexity index is 842. The second-order valence-electron chi connectivity index (χ2n) is 7.90. The average molecular weight is 447 g/mol. The molecule has 0 saturated heterocycles. The molecule has 0 aliphatic heterocycles. The Kier molecular flexibility index (Phi) is 11.3. The van der Waals surface area contributed by atoms with Gasteiger partial charge in [0, 0.05) is 5.92 Å². The molecule has 1 atom stereocenters. The molecule has 0 amide bonds. The topological polar surface area (TPSA) is 52.9 Å². The van der Waals surface area contributed by atoms with Gasteiger partial charge in [-0.25, -0.2) is 0 Å². The van der Waals surface area contributed by atoms with Gasteiger partial charge in [-0.2, -0.15) is 0 Å². The minimum Gasteiger partial charge on any atom is -0.402 e. The zero-order valence-electron chi connectivity index (χ0n) is 20.4. The summed E-state index contributed by atoms with van der Waals surface area (Å²) in [4.78, 5) is 2.38. The first-order valence-corrected chi connectivity index (χ1v) is 12.0. The van der Waals surface area contributed by atoms with Crippen LogP contribution in [0.2, 0.25) is 0 Å². The fraction of sp³-hybridized carbons (Fsp3) is 0.357. The molecule has 3 aromatic rings. The highest BCUT2D eigenvalue weighted by Crippen LogP contribution is 2.47. The van der Waals surface area contributed by atoms with Crippen LogP contribution in [0.5, 0.6) is 0 Å². The lowest BCUT2D eigenvalue weighted by Gasteiger charge is -2.42. The molecule has 0 spiro atoms. The molecule has 0 aromatic heterocycles. The van der Waals surface area contributed by atoms with E-state index < -0.39 is 12.9 Å². The molecule has 0 aliphatic carbocycles. The number of nitrogens with zero attached hydrogens (tertiary/aromatic N) is 1. The van der Waals surface area contributed by atoms with Crippen LogP contribution in [0.15, 0.2) is 91.0 Å². The van der Waals surface area contributed by atoms with Crippen molar-refractivity contribution in [1.29, 1.82) is 0 Å². The van der Waals surface area contributed by atoms with E-state index in [0.717, 1.165) is 23.1 Å². The van der Waals surface area contributed by atoms with Gasteiger partial charge in [-0.1, -0.05) is 119 Å². The average Bonchev–Trinajstić information content (AvgIpc) is 2.87. The van der Waals surface area contributed by atoms with E-state index in [-0.39, 0.29) is 5.92 Å². The van der Waals surface area contributed by atoms with Crippen LogP contribution in [0.4, 0.5) is 0 Å². The molecule has 0 radical (unpaired) electrons. The van der Waals surface area contributed by atoms with Gasteiger partial charge < -0.3 is 19.6 Å². The fourth-order valence-electron chi connectivity index (χ4n) is 4.44. The van der Waals surface area contributed by atoms with E-state index in [1.54, 1.807) is 0 Å². The summed E-state index contributed by atoms with van der Waals surface area (Å²) in [7, 11) is -1.90. The lowest BCUT2D eigenvalue weighted by Crippen LogP contribution is -2.43. The van der Waals surface area contributed by atoms with Crippen molar-refractivity contribution < 1.29 is 14.7 Å². The number of benzene rings is 3. The van der Waals surface area contributed by atoms with Crippen molar-refractivity contribution in [2.45, 2.75) is 45.6 Å². The summed E-state index contributed by atoms with van der Waals surface area (Å²) in [6.45, 7) is 12.2. The van der Waals surface area contributed by atoms with Crippen LogP contribution in [0.1, 0.15) is 56.7 Å². The van der Waals surface area contributed by atoms with Gasteiger partial charge in [0.15, 0.2) is 0 Å². The van der Waals surface area contributed by atoms with Crippen LogP contribution >= 0.6 is 0 Å². The molecule has 0 aliphatic rings. The lowest BCUT2D eigenvalue weighted by molar-refractivity contribution is 0.0242. The van der Waals surface area contributed by atoms with E-state index >= 15 is 0 Å². The second-order valence-corrected chi connectivity index (χ2v) is 7.90. The van der Waals surface area contributed by atoms with Gasteiger partial charge in [0.05, 0.1) is 0 Å². The Morgan fingerprint density at radius 3 is 1.39 bits per heavy atom. The van der Waals surface area contributed by atoms with Gasteiger partial charge in [-0.15, -0.1) is 0 Å². The first kappa shape index (κ1) is 26.8. The first-order valence-electron chi connectivity index (χ1n) is 12.0. The molecule has 0 saturated carbocycles. The molecule has 176 valence electrons. The summed E-state index contributed by atoms with van der Waals surface area (Å²) in [6, 6.07) is 29.6. The van der Waals surface area contributed by atoms with Crippen molar-refractivity contribution in [3.8, 4) is 0 Å². The third-order valence-electron chi connectivity index (χ3n) is 6.14. The highest BCUT2D eigenvalue weighted by Gasteiger charge is 2.45. The molecular formula is C28H38BNO3. The smallest absolute Gasteiger partial charge is 0.402 e. The maximum atomic E-state index is 9.84. The maximum Gasteiger partial charge on any atom is 0.634 e. The van der Waals surface area contributed by atoms with E-state index in [2.05, 4.69) is 44.7 Å². The van der Waals surface area contributed by atoms with E-state index in [1.807, 2.05) is 78.9 Å². The molecule has 1 unspecified atom stereocenters. The van der Waals surface area contributed by atoms with Gasteiger partial charge in [0.25, 0.3) is 0 Å². The molecule has 4 nitrogen and oxygen atoms in total. The Balaban J connectivity index is 0.000000479. The predicted molar refractivity (Wildman–Crippen MR) is 138 cm³/mol. The summed E-state index contributed by atoms with van der Waals surface area (Å²) in [6.07, 6.45) is 0.764. The number of hydrogen-bond acceptors (Lipinski definition) is 4. The molecule has 5 heteroatoms. The van der Waals surface area contributed by atoms with Crippen molar-refractivity contribution in [3.63, 3.8) is 0 Å². The van der Waals surface area contributed by atoms with Crippen molar-refractivity contribution in [3.05, 3.63) is 108 Å². The Morgan fingerprint density at radius 1 is 0.697 bits per heavy atom. The minimum atomic E-state index is -1.90. The maximum absolute atomic E-state index is 9.84. The summed E-state index contributed by atoms with van der Waals surface area (Å²) < 4.78 is 5.93. The van der Waals surface area contributed by atoms with Crippen LogP contribution < -0.4 is 0 Å². The van der Waals surface area contributed by atoms with E-state index in [9.17, 15) is 10.0 Å². The fourth-order valence-corrected chi connectivity index (χ4v) is 4.44. The molecule has 0 bridgehead atoms. The Morgan fingerprint density at radius 2 is 1.09 bits per heavy atom. The van der Waals surface area contributed by atoms with Crippen LogP contribution in [-0.2, 0) is 10.3 Å². The van der Waals surface area contributed by atoms with E-state index in [0.29, 0.717) is 0 Å². The van der Waals surface area contributed by atoms with Crippen molar-refractivity contribution >= 4 is 7.32 Å². The van der Waals surface area contributed by atoms with Crippen molar-refractivity contribution in [2.24, 2.45) is 0 Å². The van der Waals surface area contributed by atoms with Gasteiger partial charge in [-0.05, 0) is 42.7 Å². The molecule has 0 fully saturated rings. The normalized spacial score (nSPS) is 12.1. The van der Waals surface area contributed by atoms with Crippen LogP contribution in [0.3, 0.4) is 0 Å². The quantitative estimate of drug-likeness (QED) is 0.406. The molecule has 3 aromatic carbocycles. The zero-order chi connectivity index (χ0) is 24.1. The highest BCUT2D eigenvalue weighted by atomic mass is 16.6. The van der Waals surface area contributed by atoms with E-state index in [1.165, 1.54) is 19.6 Å². The summed E-state index contributed by atoms with van der Waals surface area (Å²) >= 11 is 0. The molecule has 33 heavy (non-hydrogen) atoms. The third kappa shape index (κ3) is 7.02. The molecule has 2 N–H and O–H groups in total. The van der Waals surface area contributed by atoms with Crippen molar-refractivity contribution in [2.75, 3.05) is 19.6 Å². The molecule has 3 rings (SSSR count). The van der Waals surface area contributed by atoms with Gasteiger partial charge in [-0.3, -0.25) is 0 Å². The van der Waals surface area contributed by atoms with Crippen LogP contribution in [0.25, 0.3) is 0 Å². The van der Waals surface area contributed by atoms with Gasteiger partial charge in [0.2, 0.25) is 0 Å². The Labute approximate surface area is 200 Å². The predicted octanol–water partition coefficient (Wildman–Crippen LogP) is 5.46. The minimum absolute atomic E-state index is 0.102. The van der Waals surface area contributed by atoms with E-state index in [4.69, 9.17) is 4.65 Å². The highest BCUT2D eigenvalue weighted by molar-refractivity contribution is 6.32. The van der Waals surface area contributed by atoms with Gasteiger partial charge >= 0.3 is 7.32 Å². The molecule has 0 heterocycles. The first-order chi connectivity index (χ1) is 16.0. The lowest BCUT2D eigenvalue weighted by atomic mass is 9.71. The second kappa shape index (κ2) is 14.0. The summed E-state index contributed by atoms with van der Waals surface area (Å²) in [5.41, 5.74) is 1.83. The zero-order valence-corrected chi connectivity index (χ0v) is 20.4. The third-order valence-corrected chi connectivity index (χ3v) is 6.14. The van der Waals surface area contributed by atoms with Crippen molar-refractivity contribution in [1.82, 2.24) is 4.90 Å². The number of hydrogen-bond donors (Lipinski definition) is 2. The largest absolute Gasteiger partial charge is 0.634 e.